The van der Waals surface area contributed by atoms with Crippen LogP contribution in [0.4, 0.5) is 0 Å². The largest absolute Gasteiger partial charge is 0.311 e. The van der Waals surface area contributed by atoms with Gasteiger partial charge in [0.15, 0.2) is 0 Å². The highest BCUT2D eigenvalue weighted by Crippen LogP contribution is 2.32. The second kappa shape index (κ2) is 6.58. The van der Waals surface area contributed by atoms with Gasteiger partial charge in [0.2, 0.25) is 0 Å². The molecule has 1 N–H and O–H groups in total. The molecule has 0 aromatic rings. The van der Waals surface area contributed by atoms with Crippen LogP contribution in [0.1, 0.15) is 67.7 Å². The molecule has 1 rings (SSSR count). The first-order valence-corrected chi connectivity index (χ1v) is 8.14. The Morgan fingerprint density at radius 1 is 1.16 bits per heavy atom. The molecule has 1 aliphatic carbocycles. The van der Waals surface area contributed by atoms with E-state index in [1.165, 1.54) is 32.4 Å². The van der Waals surface area contributed by atoms with Crippen molar-refractivity contribution in [3.63, 3.8) is 0 Å². The fourth-order valence-electron chi connectivity index (χ4n) is 2.35. The highest BCUT2D eigenvalue weighted by Gasteiger charge is 2.31. The fourth-order valence-corrected chi connectivity index (χ4v) is 2.35. The van der Waals surface area contributed by atoms with E-state index in [0.29, 0.717) is 11.5 Å². The third-order valence-electron chi connectivity index (χ3n) is 4.40. The molecule has 0 radical (unpaired) electrons. The van der Waals surface area contributed by atoms with Crippen LogP contribution < -0.4 is 5.32 Å². The first-order valence-electron chi connectivity index (χ1n) is 8.14. The molecule has 1 fully saturated rings. The Morgan fingerprint density at radius 2 is 1.74 bits per heavy atom. The molecule has 0 amide bonds. The summed E-state index contributed by atoms with van der Waals surface area (Å²) in [6.45, 7) is 19.9. The summed E-state index contributed by atoms with van der Waals surface area (Å²) < 4.78 is 0. The summed E-state index contributed by atoms with van der Waals surface area (Å²) in [7, 11) is 0. The SMILES string of the molecule is CCC(C)(CNC(C)(C)C)CN(CC1CC1)C(C)C. The van der Waals surface area contributed by atoms with Crippen molar-refractivity contribution in [1.82, 2.24) is 10.2 Å². The predicted octanol–water partition coefficient (Wildman–Crippen LogP) is 3.91. The van der Waals surface area contributed by atoms with Crippen LogP contribution in [-0.4, -0.2) is 36.1 Å². The van der Waals surface area contributed by atoms with E-state index in [2.05, 4.69) is 58.7 Å². The van der Waals surface area contributed by atoms with E-state index >= 15 is 0 Å². The van der Waals surface area contributed by atoms with Gasteiger partial charge in [0, 0.05) is 31.2 Å². The Balaban J connectivity index is 2.54. The molecule has 114 valence electrons. The van der Waals surface area contributed by atoms with Gasteiger partial charge in [-0.15, -0.1) is 0 Å². The maximum absolute atomic E-state index is 3.70. The summed E-state index contributed by atoms with van der Waals surface area (Å²) >= 11 is 0. The molecule has 0 aromatic heterocycles. The predicted molar refractivity (Wildman–Crippen MR) is 85.6 cm³/mol. The van der Waals surface area contributed by atoms with E-state index in [1.54, 1.807) is 0 Å². The molecule has 0 bridgehead atoms. The zero-order chi connectivity index (χ0) is 14.7. The molecule has 19 heavy (non-hydrogen) atoms. The van der Waals surface area contributed by atoms with Crippen LogP contribution in [0.25, 0.3) is 0 Å². The topological polar surface area (TPSA) is 15.3 Å². The molecule has 0 aliphatic heterocycles. The van der Waals surface area contributed by atoms with E-state index in [1.807, 2.05) is 0 Å². The van der Waals surface area contributed by atoms with E-state index in [4.69, 9.17) is 0 Å². The maximum atomic E-state index is 3.70. The minimum atomic E-state index is 0.218. The van der Waals surface area contributed by atoms with Crippen LogP contribution in [0.3, 0.4) is 0 Å². The van der Waals surface area contributed by atoms with Crippen LogP contribution in [0.15, 0.2) is 0 Å². The lowest BCUT2D eigenvalue weighted by atomic mass is 9.85. The summed E-state index contributed by atoms with van der Waals surface area (Å²) in [5.74, 6) is 0.985. The van der Waals surface area contributed by atoms with Crippen molar-refractivity contribution < 1.29 is 0 Å². The normalized spacial score (nSPS) is 20.1. The van der Waals surface area contributed by atoms with Gasteiger partial charge in [0.1, 0.15) is 0 Å². The van der Waals surface area contributed by atoms with E-state index in [-0.39, 0.29) is 5.54 Å². The van der Waals surface area contributed by atoms with Gasteiger partial charge in [-0.25, -0.2) is 0 Å². The van der Waals surface area contributed by atoms with Crippen LogP contribution in [0.2, 0.25) is 0 Å². The summed E-state index contributed by atoms with van der Waals surface area (Å²) in [6.07, 6.45) is 4.14. The molecule has 0 spiro atoms. The van der Waals surface area contributed by atoms with Gasteiger partial charge in [-0.05, 0) is 65.2 Å². The number of hydrogen-bond donors (Lipinski definition) is 1. The van der Waals surface area contributed by atoms with Crippen molar-refractivity contribution in [3.05, 3.63) is 0 Å². The Kier molecular flexibility index (Phi) is 5.88. The van der Waals surface area contributed by atoms with Gasteiger partial charge >= 0.3 is 0 Å². The van der Waals surface area contributed by atoms with Gasteiger partial charge in [-0.3, -0.25) is 0 Å². The lowest BCUT2D eigenvalue weighted by Crippen LogP contribution is -2.49. The first kappa shape index (κ1) is 17.0. The maximum Gasteiger partial charge on any atom is 0.00967 e. The molecule has 1 aliphatic rings. The lowest BCUT2D eigenvalue weighted by Gasteiger charge is -2.39. The average molecular weight is 268 g/mol. The molecule has 1 unspecified atom stereocenters. The van der Waals surface area contributed by atoms with Crippen LogP contribution in [-0.2, 0) is 0 Å². The Morgan fingerprint density at radius 3 is 2.11 bits per heavy atom. The van der Waals surface area contributed by atoms with E-state index in [0.717, 1.165) is 12.5 Å². The average Bonchev–Trinajstić information content (AvgIpc) is 3.08. The highest BCUT2D eigenvalue weighted by molar-refractivity contribution is 4.86. The highest BCUT2D eigenvalue weighted by atomic mass is 15.2. The fraction of sp³-hybridized carbons (Fsp3) is 1.00. The molecule has 1 saturated carbocycles. The Labute approximate surface area is 121 Å². The summed E-state index contributed by atoms with van der Waals surface area (Å²) in [5.41, 5.74) is 0.599. The molecule has 0 saturated heterocycles. The molecule has 2 nitrogen and oxygen atoms in total. The summed E-state index contributed by atoms with van der Waals surface area (Å²) in [6, 6.07) is 0.668. The summed E-state index contributed by atoms with van der Waals surface area (Å²) in [4.78, 5) is 2.70. The number of rotatable bonds is 8. The third kappa shape index (κ3) is 6.76. The second-order valence-electron chi connectivity index (χ2n) is 8.23. The third-order valence-corrected chi connectivity index (χ3v) is 4.40. The standard InChI is InChI=1S/C17H36N2/c1-8-17(7,12-18-16(4,5)6)13-19(14(2)3)11-15-9-10-15/h14-15,18H,8-13H2,1-7H3. The van der Waals surface area contributed by atoms with E-state index in [9.17, 15) is 0 Å². The molecule has 0 heterocycles. The zero-order valence-electron chi connectivity index (χ0n) is 14.3. The molecular formula is C17H36N2. The Hall–Kier alpha value is -0.0800. The van der Waals surface area contributed by atoms with Crippen LogP contribution >= 0.6 is 0 Å². The van der Waals surface area contributed by atoms with Gasteiger partial charge in [-0.1, -0.05) is 13.8 Å². The number of nitrogens with zero attached hydrogens (tertiary/aromatic N) is 1. The molecule has 0 aromatic carbocycles. The van der Waals surface area contributed by atoms with Gasteiger partial charge in [0.25, 0.3) is 0 Å². The quantitative estimate of drug-likeness (QED) is 0.718. The van der Waals surface area contributed by atoms with E-state index < -0.39 is 0 Å². The van der Waals surface area contributed by atoms with Crippen molar-refractivity contribution >= 4 is 0 Å². The number of hydrogen-bond acceptors (Lipinski definition) is 2. The minimum absolute atomic E-state index is 0.218. The zero-order valence-corrected chi connectivity index (χ0v) is 14.3. The smallest absolute Gasteiger partial charge is 0.00967 e. The molecule has 2 heteroatoms. The molecule has 1 atom stereocenters. The van der Waals surface area contributed by atoms with Crippen LogP contribution in [0, 0.1) is 11.3 Å². The van der Waals surface area contributed by atoms with Gasteiger partial charge in [-0.2, -0.15) is 0 Å². The van der Waals surface area contributed by atoms with Crippen molar-refractivity contribution in [2.24, 2.45) is 11.3 Å². The van der Waals surface area contributed by atoms with Gasteiger partial charge in [0.05, 0.1) is 0 Å². The van der Waals surface area contributed by atoms with Crippen molar-refractivity contribution in [2.45, 2.75) is 79.3 Å². The number of nitrogens with one attached hydrogen (secondary N) is 1. The first-order chi connectivity index (χ1) is 8.65. The van der Waals surface area contributed by atoms with Crippen molar-refractivity contribution in [3.8, 4) is 0 Å². The van der Waals surface area contributed by atoms with Crippen molar-refractivity contribution in [2.75, 3.05) is 19.6 Å². The monoisotopic (exact) mass is 268 g/mol. The molecular weight excluding hydrogens is 232 g/mol. The minimum Gasteiger partial charge on any atom is -0.311 e. The second-order valence-corrected chi connectivity index (χ2v) is 8.23. The van der Waals surface area contributed by atoms with Gasteiger partial charge < -0.3 is 10.2 Å². The Bertz CT molecular complexity index is 263. The summed E-state index contributed by atoms with van der Waals surface area (Å²) in [5, 5.41) is 3.70. The van der Waals surface area contributed by atoms with Crippen LogP contribution in [0.5, 0.6) is 0 Å². The lowest BCUT2D eigenvalue weighted by molar-refractivity contribution is 0.116. The van der Waals surface area contributed by atoms with Crippen molar-refractivity contribution in [1.29, 1.82) is 0 Å².